The molecule has 0 aliphatic rings. The van der Waals surface area contributed by atoms with E-state index in [1.165, 1.54) is 9.64 Å². The molecule has 0 spiro atoms. The van der Waals surface area contributed by atoms with Crippen LogP contribution in [0.4, 0.5) is 8.78 Å². The number of nitrogens with one attached hydrogen (secondary N) is 1. The van der Waals surface area contributed by atoms with Gasteiger partial charge in [0.2, 0.25) is 0 Å². The summed E-state index contributed by atoms with van der Waals surface area (Å²) in [7, 11) is 0. The molecule has 0 saturated carbocycles. The smallest absolute Gasteiger partial charge is 0.127 e. The van der Waals surface area contributed by atoms with Crippen molar-refractivity contribution in [1.29, 1.82) is 0 Å². The number of benzene rings is 2. The van der Waals surface area contributed by atoms with E-state index in [2.05, 4.69) is 27.9 Å². The summed E-state index contributed by atoms with van der Waals surface area (Å²) in [5.74, 6) is -0.797. The highest BCUT2D eigenvalue weighted by Crippen LogP contribution is 2.10. The third-order valence-electron chi connectivity index (χ3n) is 2.57. The van der Waals surface area contributed by atoms with Gasteiger partial charge in [-0.05, 0) is 58.5 Å². The molecule has 18 heavy (non-hydrogen) atoms. The second-order valence-corrected chi connectivity index (χ2v) is 5.21. The molecular weight excluding hydrogens is 347 g/mol. The lowest BCUT2D eigenvalue weighted by Gasteiger charge is -2.06. The Morgan fingerprint density at radius 1 is 0.944 bits per heavy atom. The van der Waals surface area contributed by atoms with E-state index in [0.29, 0.717) is 18.7 Å². The first-order chi connectivity index (χ1) is 8.65. The topological polar surface area (TPSA) is 12.0 Å². The molecule has 0 aromatic heterocycles. The van der Waals surface area contributed by atoms with Crippen LogP contribution in [-0.4, -0.2) is 0 Å². The lowest BCUT2D eigenvalue weighted by molar-refractivity contribution is 0.568. The standard InChI is InChI=1S/C14H12F2IN/c15-12-3-6-14(16)11(7-12)9-18-8-10-1-4-13(17)5-2-10/h1-7,18H,8-9H2. The monoisotopic (exact) mass is 359 g/mol. The molecule has 0 aliphatic carbocycles. The van der Waals surface area contributed by atoms with Crippen LogP contribution in [0.15, 0.2) is 42.5 Å². The Morgan fingerprint density at radius 2 is 1.67 bits per heavy atom. The van der Waals surface area contributed by atoms with Gasteiger partial charge in [-0.3, -0.25) is 0 Å². The Hall–Kier alpha value is -1.01. The first-order valence-corrected chi connectivity index (χ1v) is 6.62. The van der Waals surface area contributed by atoms with Gasteiger partial charge in [-0.25, -0.2) is 8.78 Å². The molecular formula is C14H12F2IN. The maximum atomic E-state index is 13.3. The van der Waals surface area contributed by atoms with Gasteiger partial charge in [0.05, 0.1) is 0 Å². The molecule has 1 N–H and O–H groups in total. The molecule has 94 valence electrons. The Morgan fingerprint density at radius 3 is 2.39 bits per heavy atom. The Kier molecular flexibility index (Phi) is 4.66. The van der Waals surface area contributed by atoms with Gasteiger partial charge in [0.15, 0.2) is 0 Å². The summed E-state index contributed by atoms with van der Waals surface area (Å²) in [6.45, 7) is 0.947. The zero-order valence-electron chi connectivity index (χ0n) is 9.59. The normalized spacial score (nSPS) is 10.6. The molecule has 0 heterocycles. The largest absolute Gasteiger partial charge is 0.309 e. The molecule has 0 atom stereocenters. The molecule has 2 aromatic rings. The summed E-state index contributed by atoms with van der Waals surface area (Å²) in [5, 5.41) is 3.10. The highest BCUT2D eigenvalue weighted by molar-refractivity contribution is 14.1. The van der Waals surface area contributed by atoms with Crippen LogP contribution in [0.3, 0.4) is 0 Å². The molecule has 2 rings (SSSR count). The Labute approximate surface area is 118 Å². The van der Waals surface area contributed by atoms with Crippen LogP contribution in [0.1, 0.15) is 11.1 Å². The van der Waals surface area contributed by atoms with Gasteiger partial charge in [0.1, 0.15) is 11.6 Å². The van der Waals surface area contributed by atoms with E-state index < -0.39 is 5.82 Å². The van der Waals surface area contributed by atoms with Crippen LogP contribution in [0, 0.1) is 15.2 Å². The summed E-state index contributed by atoms with van der Waals surface area (Å²) in [5.41, 5.74) is 1.47. The van der Waals surface area contributed by atoms with Gasteiger partial charge < -0.3 is 5.32 Å². The van der Waals surface area contributed by atoms with Crippen molar-refractivity contribution in [2.24, 2.45) is 0 Å². The fourth-order valence-electron chi connectivity index (χ4n) is 1.62. The summed E-state index contributed by atoms with van der Waals surface area (Å²) in [4.78, 5) is 0. The van der Waals surface area contributed by atoms with Crippen molar-refractivity contribution in [1.82, 2.24) is 5.32 Å². The van der Waals surface area contributed by atoms with Crippen LogP contribution in [0.25, 0.3) is 0 Å². The first kappa shape index (κ1) is 13.4. The summed E-state index contributed by atoms with van der Waals surface area (Å²) in [6, 6.07) is 11.5. The highest BCUT2D eigenvalue weighted by Gasteiger charge is 2.03. The average Bonchev–Trinajstić information content (AvgIpc) is 2.36. The molecule has 0 radical (unpaired) electrons. The van der Waals surface area contributed by atoms with E-state index in [9.17, 15) is 8.78 Å². The van der Waals surface area contributed by atoms with Crippen molar-refractivity contribution in [3.63, 3.8) is 0 Å². The van der Waals surface area contributed by atoms with E-state index in [1.54, 1.807) is 0 Å². The summed E-state index contributed by atoms with van der Waals surface area (Å²) >= 11 is 2.24. The quantitative estimate of drug-likeness (QED) is 0.818. The van der Waals surface area contributed by atoms with Gasteiger partial charge in [-0.2, -0.15) is 0 Å². The highest BCUT2D eigenvalue weighted by atomic mass is 127. The zero-order chi connectivity index (χ0) is 13.0. The van der Waals surface area contributed by atoms with Gasteiger partial charge in [-0.1, -0.05) is 12.1 Å². The molecule has 2 aromatic carbocycles. The van der Waals surface area contributed by atoms with Crippen LogP contribution >= 0.6 is 22.6 Å². The molecule has 0 bridgehead atoms. The minimum Gasteiger partial charge on any atom is -0.309 e. The minimum atomic E-state index is -0.414. The van der Waals surface area contributed by atoms with Gasteiger partial charge >= 0.3 is 0 Å². The molecule has 0 aliphatic heterocycles. The molecule has 1 nitrogen and oxygen atoms in total. The number of hydrogen-bond donors (Lipinski definition) is 1. The van der Waals surface area contributed by atoms with Gasteiger partial charge in [0, 0.05) is 22.2 Å². The SMILES string of the molecule is Fc1ccc(F)c(CNCc2ccc(I)cc2)c1. The maximum absolute atomic E-state index is 13.3. The Bertz CT molecular complexity index is 526. The summed E-state index contributed by atoms with van der Waals surface area (Å²) in [6.07, 6.45) is 0. The third kappa shape index (κ3) is 3.74. The predicted octanol–water partition coefficient (Wildman–Crippen LogP) is 3.86. The summed E-state index contributed by atoms with van der Waals surface area (Å²) < 4.78 is 27.5. The van der Waals surface area contributed by atoms with Crippen molar-refractivity contribution < 1.29 is 8.78 Å². The van der Waals surface area contributed by atoms with E-state index in [4.69, 9.17) is 0 Å². The fraction of sp³-hybridized carbons (Fsp3) is 0.143. The van der Waals surface area contributed by atoms with Crippen molar-refractivity contribution in [2.45, 2.75) is 13.1 Å². The molecule has 0 amide bonds. The Balaban J connectivity index is 1.92. The van der Waals surface area contributed by atoms with Crippen molar-refractivity contribution in [3.05, 3.63) is 68.8 Å². The van der Waals surface area contributed by atoms with Gasteiger partial charge in [-0.15, -0.1) is 0 Å². The number of halogens is 3. The van der Waals surface area contributed by atoms with Crippen molar-refractivity contribution in [2.75, 3.05) is 0 Å². The van der Waals surface area contributed by atoms with E-state index >= 15 is 0 Å². The van der Waals surface area contributed by atoms with Crippen molar-refractivity contribution >= 4 is 22.6 Å². The molecule has 0 unspecified atom stereocenters. The second kappa shape index (κ2) is 6.24. The average molecular weight is 359 g/mol. The third-order valence-corrected chi connectivity index (χ3v) is 3.28. The molecule has 0 saturated heterocycles. The number of rotatable bonds is 4. The van der Waals surface area contributed by atoms with Crippen LogP contribution in [-0.2, 0) is 13.1 Å². The lowest BCUT2D eigenvalue weighted by Crippen LogP contribution is -2.13. The van der Waals surface area contributed by atoms with Gasteiger partial charge in [0.25, 0.3) is 0 Å². The van der Waals surface area contributed by atoms with Crippen LogP contribution < -0.4 is 5.32 Å². The maximum Gasteiger partial charge on any atom is 0.127 e. The fourth-order valence-corrected chi connectivity index (χ4v) is 1.98. The first-order valence-electron chi connectivity index (χ1n) is 5.54. The van der Waals surface area contributed by atoms with Crippen LogP contribution in [0.5, 0.6) is 0 Å². The van der Waals surface area contributed by atoms with Crippen LogP contribution in [0.2, 0.25) is 0 Å². The van der Waals surface area contributed by atoms with E-state index in [-0.39, 0.29) is 5.82 Å². The predicted molar refractivity (Wildman–Crippen MR) is 76.1 cm³/mol. The second-order valence-electron chi connectivity index (χ2n) is 3.97. The minimum absolute atomic E-state index is 0.315. The lowest BCUT2D eigenvalue weighted by atomic mass is 10.2. The number of hydrogen-bond acceptors (Lipinski definition) is 1. The van der Waals surface area contributed by atoms with Crippen molar-refractivity contribution in [3.8, 4) is 0 Å². The van der Waals surface area contributed by atoms with E-state index in [1.807, 2.05) is 24.3 Å². The van der Waals surface area contributed by atoms with E-state index in [0.717, 1.165) is 17.7 Å². The molecule has 4 heteroatoms. The molecule has 0 fully saturated rings. The zero-order valence-corrected chi connectivity index (χ0v) is 11.7.